The highest BCUT2D eigenvalue weighted by Gasteiger charge is 2.61. The summed E-state index contributed by atoms with van der Waals surface area (Å²) < 4.78 is 10.8. The molecule has 6 nitrogen and oxygen atoms in total. The number of anilines is 1. The topological polar surface area (TPSA) is 67.9 Å². The Morgan fingerprint density at radius 1 is 1.37 bits per heavy atom. The van der Waals surface area contributed by atoms with Crippen molar-refractivity contribution in [1.29, 1.82) is 0 Å². The molecule has 0 radical (unpaired) electrons. The van der Waals surface area contributed by atoms with Crippen molar-refractivity contribution >= 4 is 17.6 Å². The van der Waals surface area contributed by atoms with E-state index in [2.05, 4.69) is 23.2 Å². The maximum Gasteiger partial charge on any atom is 0.337 e. The van der Waals surface area contributed by atoms with Crippen molar-refractivity contribution in [1.82, 2.24) is 4.90 Å². The van der Waals surface area contributed by atoms with Gasteiger partial charge in [-0.2, -0.15) is 0 Å². The van der Waals surface area contributed by atoms with Gasteiger partial charge in [0.2, 0.25) is 5.91 Å². The summed E-state index contributed by atoms with van der Waals surface area (Å²) in [5, 5.41) is 3.09. The molecular formula is C21H24N2O4. The Bertz CT molecular complexity index is 850. The fourth-order valence-corrected chi connectivity index (χ4v) is 5.77. The molecule has 5 rings (SSSR count). The average molecular weight is 368 g/mol. The van der Waals surface area contributed by atoms with Crippen LogP contribution in [0.5, 0.6) is 0 Å². The zero-order valence-electron chi connectivity index (χ0n) is 15.6. The SMILES string of the molecule is COC(=O)C1=CO[C@@H](C)[C@@H]2CN3CC[C@@]4(C(=O)Nc5ccccc54)[C@H]3C[C@@H]12. The lowest BCUT2D eigenvalue weighted by Gasteiger charge is -2.48. The van der Waals surface area contributed by atoms with Gasteiger partial charge >= 0.3 is 5.97 Å². The van der Waals surface area contributed by atoms with Gasteiger partial charge in [0.15, 0.2) is 0 Å². The number of carbonyl (C=O) groups excluding carboxylic acids is 2. The number of nitrogens with zero attached hydrogens (tertiary/aromatic N) is 1. The highest BCUT2D eigenvalue weighted by Crippen LogP contribution is 2.53. The van der Waals surface area contributed by atoms with E-state index in [1.807, 2.05) is 18.2 Å². The second-order valence-corrected chi connectivity index (χ2v) is 8.14. The fraction of sp³-hybridized carbons (Fsp3) is 0.524. The Morgan fingerprint density at radius 2 is 2.19 bits per heavy atom. The number of amides is 1. The van der Waals surface area contributed by atoms with Crippen molar-refractivity contribution in [2.24, 2.45) is 11.8 Å². The lowest BCUT2D eigenvalue weighted by molar-refractivity contribution is -0.139. The number of esters is 1. The van der Waals surface area contributed by atoms with E-state index in [9.17, 15) is 9.59 Å². The van der Waals surface area contributed by atoms with Gasteiger partial charge in [-0.25, -0.2) is 4.79 Å². The van der Waals surface area contributed by atoms with E-state index in [-0.39, 0.29) is 35.9 Å². The molecule has 1 aromatic rings. The molecule has 2 saturated heterocycles. The van der Waals surface area contributed by atoms with Crippen molar-refractivity contribution in [2.45, 2.75) is 37.3 Å². The number of para-hydroxylation sites is 1. The Labute approximate surface area is 158 Å². The van der Waals surface area contributed by atoms with Gasteiger partial charge in [-0.15, -0.1) is 0 Å². The summed E-state index contributed by atoms with van der Waals surface area (Å²) in [5.74, 6) is 0.0558. The summed E-state index contributed by atoms with van der Waals surface area (Å²) in [6, 6.07) is 8.10. The van der Waals surface area contributed by atoms with Crippen LogP contribution in [0.4, 0.5) is 5.69 Å². The van der Waals surface area contributed by atoms with Gasteiger partial charge in [-0.1, -0.05) is 18.2 Å². The molecule has 4 aliphatic rings. The maximum atomic E-state index is 13.1. The number of nitrogens with one attached hydrogen (secondary N) is 1. The highest BCUT2D eigenvalue weighted by molar-refractivity contribution is 6.07. The van der Waals surface area contributed by atoms with E-state index in [4.69, 9.17) is 9.47 Å². The van der Waals surface area contributed by atoms with E-state index >= 15 is 0 Å². The first-order chi connectivity index (χ1) is 13.1. The van der Waals surface area contributed by atoms with E-state index in [1.54, 1.807) is 6.26 Å². The number of methoxy groups -OCH3 is 1. The number of benzene rings is 1. The normalized spacial score (nSPS) is 37.0. The summed E-state index contributed by atoms with van der Waals surface area (Å²) in [6.07, 6.45) is 3.20. The first-order valence-corrected chi connectivity index (χ1v) is 9.65. The molecule has 1 spiro atoms. The second kappa shape index (κ2) is 5.83. The first-order valence-electron chi connectivity index (χ1n) is 9.65. The predicted molar refractivity (Wildman–Crippen MR) is 99.0 cm³/mol. The minimum atomic E-state index is -0.523. The minimum Gasteiger partial charge on any atom is -0.497 e. The number of hydrogen-bond acceptors (Lipinski definition) is 5. The number of fused-ring (bicyclic) bond motifs is 5. The van der Waals surface area contributed by atoms with E-state index < -0.39 is 5.41 Å². The van der Waals surface area contributed by atoms with Crippen molar-refractivity contribution in [3.63, 3.8) is 0 Å². The molecular weight excluding hydrogens is 344 g/mol. The monoisotopic (exact) mass is 368 g/mol. The zero-order chi connectivity index (χ0) is 18.8. The quantitative estimate of drug-likeness (QED) is 0.769. The number of rotatable bonds is 1. The van der Waals surface area contributed by atoms with Crippen LogP contribution < -0.4 is 5.32 Å². The Balaban J connectivity index is 1.55. The maximum absolute atomic E-state index is 13.1. The largest absolute Gasteiger partial charge is 0.497 e. The van der Waals surface area contributed by atoms with Gasteiger partial charge in [-0.3, -0.25) is 9.69 Å². The van der Waals surface area contributed by atoms with Crippen LogP contribution in [0.1, 0.15) is 25.3 Å². The van der Waals surface area contributed by atoms with Crippen molar-refractivity contribution in [3.8, 4) is 0 Å². The van der Waals surface area contributed by atoms with E-state index in [1.165, 1.54) is 7.11 Å². The van der Waals surface area contributed by atoms with Crippen LogP contribution in [-0.2, 0) is 24.5 Å². The van der Waals surface area contributed by atoms with Crippen molar-refractivity contribution in [2.75, 3.05) is 25.5 Å². The Hall–Kier alpha value is -2.34. The third-order valence-corrected chi connectivity index (χ3v) is 7.14. The molecule has 4 heterocycles. The number of piperidine rings is 1. The van der Waals surface area contributed by atoms with Crippen LogP contribution in [0.15, 0.2) is 36.1 Å². The molecule has 1 amide bonds. The molecule has 0 unspecified atom stereocenters. The van der Waals surface area contributed by atoms with Crippen LogP contribution in [-0.4, -0.2) is 49.1 Å². The molecule has 1 aromatic carbocycles. The smallest absolute Gasteiger partial charge is 0.337 e. The van der Waals surface area contributed by atoms with Gasteiger partial charge in [0, 0.05) is 30.1 Å². The van der Waals surface area contributed by atoms with Crippen LogP contribution in [0, 0.1) is 11.8 Å². The van der Waals surface area contributed by atoms with Gasteiger partial charge < -0.3 is 14.8 Å². The summed E-state index contributed by atoms with van der Waals surface area (Å²) in [5.41, 5.74) is 2.11. The van der Waals surface area contributed by atoms with Crippen LogP contribution in [0.2, 0.25) is 0 Å². The second-order valence-electron chi connectivity index (χ2n) is 8.14. The molecule has 4 aliphatic heterocycles. The van der Waals surface area contributed by atoms with Gasteiger partial charge in [0.05, 0.1) is 30.5 Å². The zero-order valence-corrected chi connectivity index (χ0v) is 15.6. The number of ether oxygens (including phenoxy) is 2. The Morgan fingerprint density at radius 3 is 3.00 bits per heavy atom. The average Bonchev–Trinajstić information content (AvgIpc) is 3.20. The van der Waals surface area contributed by atoms with Gasteiger partial charge in [0.1, 0.15) is 0 Å². The standard InChI is InChI=1S/C21H24N2O4/c1-12-14-10-23-8-7-21(16-5-3-4-6-17(16)22-20(21)25)18(23)9-13(14)15(11-27-12)19(24)26-2/h3-6,11-14,18H,7-10H2,1-2H3,(H,22,25)/t12-,13+,14-,18+,21-/m0/s1. The number of hydrogen-bond donors (Lipinski definition) is 1. The third kappa shape index (κ3) is 2.16. The third-order valence-electron chi connectivity index (χ3n) is 7.14. The first kappa shape index (κ1) is 16.8. The summed E-state index contributed by atoms with van der Waals surface area (Å²) in [4.78, 5) is 27.9. The lowest BCUT2D eigenvalue weighted by atomic mass is 9.66. The van der Waals surface area contributed by atoms with Crippen LogP contribution in [0.25, 0.3) is 0 Å². The molecule has 142 valence electrons. The van der Waals surface area contributed by atoms with Gasteiger partial charge in [0.25, 0.3) is 0 Å². The molecule has 1 N–H and O–H groups in total. The number of carbonyl (C=O) groups is 2. The molecule has 27 heavy (non-hydrogen) atoms. The van der Waals surface area contributed by atoms with Crippen LogP contribution >= 0.6 is 0 Å². The lowest BCUT2D eigenvalue weighted by Crippen LogP contribution is -2.56. The van der Waals surface area contributed by atoms with Gasteiger partial charge in [-0.05, 0) is 37.9 Å². The fourth-order valence-electron chi connectivity index (χ4n) is 5.77. The molecule has 0 aromatic heterocycles. The summed E-state index contributed by atoms with van der Waals surface area (Å²) in [6.45, 7) is 3.79. The molecule has 0 aliphatic carbocycles. The van der Waals surface area contributed by atoms with E-state index in [0.717, 1.165) is 37.2 Å². The summed E-state index contributed by atoms with van der Waals surface area (Å²) >= 11 is 0. The van der Waals surface area contributed by atoms with Crippen LogP contribution in [0.3, 0.4) is 0 Å². The molecule has 5 atom stereocenters. The van der Waals surface area contributed by atoms with E-state index in [0.29, 0.717) is 5.57 Å². The predicted octanol–water partition coefficient (Wildman–Crippen LogP) is 2.06. The Kier molecular flexibility index (Phi) is 3.63. The highest BCUT2D eigenvalue weighted by atomic mass is 16.5. The summed E-state index contributed by atoms with van der Waals surface area (Å²) in [7, 11) is 1.41. The van der Waals surface area contributed by atoms with Crippen molar-refractivity contribution < 1.29 is 19.1 Å². The molecule has 2 fully saturated rings. The van der Waals surface area contributed by atoms with Crippen molar-refractivity contribution in [3.05, 3.63) is 41.7 Å². The minimum absolute atomic E-state index is 0.0468. The molecule has 6 heteroatoms. The molecule has 0 bridgehead atoms. The molecule has 0 saturated carbocycles.